The first-order chi connectivity index (χ1) is 14.4. The van der Waals surface area contributed by atoms with Gasteiger partial charge >= 0.3 is 0 Å². The second kappa shape index (κ2) is 7.31. The number of hydrogen-bond donors (Lipinski definition) is 1. The summed E-state index contributed by atoms with van der Waals surface area (Å²) in [5, 5.41) is 20.1. The summed E-state index contributed by atoms with van der Waals surface area (Å²) in [7, 11) is 0. The highest BCUT2D eigenvalue weighted by Crippen LogP contribution is 2.42. The molecule has 0 aliphatic carbocycles. The van der Waals surface area contributed by atoms with Crippen molar-refractivity contribution >= 4 is 0 Å². The van der Waals surface area contributed by atoms with E-state index >= 15 is 0 Å². The summed E-state index contributed by atoms with van der Waals surface area (Å²) in [5.41, 5.74) is 5.02. The Balaban J connectivity index is 1.89. The van der Waals surface area contributed by atoms with Gasteiger partial charge in [-0.1, -0.05) is 6.07 Å². The predicted octanol–water partition coefficient (Wildman–Crippen LogP) is 2.84. The van der Waals surface area contributed by atoms with Crippen molar-refractivity contribution in [1.29, 1.82) is 0 Å². The summed E-state index contributed by atoms with van der Waals surface area (Å²) >= 11 is 0. The Bertz CT molecular complexity index is 1130. The number of pyridine rings is 1. The molecule has 5 rings (SSSR count). The molecule has 138 valence electrons. The molecule has 1 N–H and O–H groups in total. The van der Waals surface area contributed by atoms with Gasteiger partial charge in [-0.3, -0.25) is 4.98 Å². The minimum Gasteiger partial charge on any atom is -0.351 e. The number of aromatic nitrogens is 9. The Morgan fingerprint density at radius 3 is 2.10 bits per heavy atom. The molecule has 5 heterocycles. The third-order valence-electron chi connectivity index (χ3n) is 4.30. The van der Waals surface area contributed by atoms with E-state index in [0.29, 0.717) is 22.9 Å². The lowest BCUT2D eigenvalue weighted by Crippen LogP contribution is -1.95. The Morgan fingerprint density at radius 2 is 1.38 bits per heavy atom. The number of nitrogens with zero attached hydrogens (tertiary/aromatic N) is 8. The minimum atomic E-state index is 0.528. The van der Waals surface area contributed by atoms with Crippen LogP contribution in [-0.4, -0.2) is 45.5 Å². The molecule has 0 aromatic carbocycles. The van der Waals surface area contributed by atoms with E-state index in [0.717, 1.165) is 22.5 Å². The van der Waals surface area contributed by atoms with Gasteiger partial charge in [-0.15, -0.1) is 10.2 Å². The van der Waals surface area contributed by atoms with Gasteiger partial charge in [-0.25, -0.2) is 9.97 Å². The van der Waals surface area contributed by atoms with Gasteiger partial charge in [0.05, 0.1) is 34.5 Å². The van der Waals surface area contributed by atoms with E-state index < -0.39 is 0 Å². The minimum absolute atomic E-state index is 0.528. The normalized spacial score (nSPS) is 10.8. The Morgan fingerprint density at radius 1 is 0.552 bits per heavy atom. The summed E-state index contributed by atoms with van der Waals surface area (Å²) in [6.07, 6.45) is 8.34. The van der Waals surface area contributed by atoms with Crippen molar-refractivity contribution in [1.82, 2.24) is 45.5 Å². The summed E-state index contributed by atoms with van der Waals surface area (Å²) in [6.45, 7) is 0. The van der Waals surface area contributed by atoms with E-state index in [9.17, 15) is 0 Å². The average molecular weight is 379 g/mol. The van der Waals surface area contributed by atoms with Crippen LogP contribution in [0.3, 0.4) is 0 Å². The van der Waals surface area contributed by atoms with Crippen molar-refractivity contribution in [3.8, 4) is 45.4 Å². The zero-order chi connectivity index (χ0) is 19.5. The molecule has 0 aliphatic heterocycles. The van der Waals surface area contributed by atoms with Crippen LogP contribution in [0.25, 0.3) is 45.4 Å². The van der Waals surface area contributed by atoms with E-state index in [1.165, 1.54) is 0 Å². The number of aromatic amines is 1. The fraction of sp³-hybridized carbons (Fsp3) is 0. The smallest absolute Gasteiger partial charge is 0.162 e. The quantitative estimate of drug-likeness (QED) is 0.506. The Labute approximate surface area is 165 Å². The fourth-order valence-corrected chi connectivity index (χ4v) is 3.11. The van der Waals surface area contributed by atoms with Gasteiger partial charge in [0.2, 0.25) is 0 Å². The van der Waals surface area contributed by atoms with Crippen molar-refractivity contribution in [2.75, 3.05) is 0 Å². The highest BCUT2D eigenvalue weighted by Gasteiger charge is 2.26. The van der Waals surface area contributed by atoms with E-state index in [1.54, 1.807) is 43.1 Å². The van der Waals surface area contributed by atoms with Crippen LogP contribution >= 0.6 is 0 Å². The molecule has 0 aliphatic rings. The molecule has 0 saturated carbocycles. The third-order valence-corrected chi connectivity index (χ3v) is 4.30. The third kappa shape index (κ3) is 3.10. The van der Waals surface area contributed by atoms with Crippen molar-refractivity contribution in [3.05, 3.63) is 73.4 Å². The Hall–Kier alpha value is -4.40. The molecule has 0 unspecified atom stereocenters. The standard InChI is InChI=1S/C20H13N9/c1-2-8-21-14(5-1)18-16(13-6-3-11-24-27-13)17(20-22-9-4-10-23-20)19(26-18)15-7-12-25-29-28-15/h1-12,26H. The molecule has 0 spiro atoms. The number of hydrogen-bond acceptors (Lipinski definition) is 8. The molecular formula is C20H13N9. The van der Waals surface area contributed by atoms with Crippen LogP contribution in [0.1, 0.15) is 0 Å². The molecule has 5 aromatic rings. The second-order valence-electron chi connectivity index (χ2n) is 6.03. The zero-order valence-corrected chi connectivity index (χ0v) is 15.0. The summed E-state index contributed by atoms with van der Waals surface area (Å²) < 4.78 is 0. The molecule has 29 heavy (non-hydrogen) atoms. The number of rotatable bonds is 4. The molecule has 0 amide bonds. The van der Waals surface area contributed by atoms with E-state index in [1.807, 2.05) is 30.3 Å². The molecule has 0 saturated heterocycles. The van der Waals surface area contributed by atoms with Crippen LogP contribution in [0.15, 0.2) is 73.4 Å². The molecule has 0 atom stereocenters. The van der Waals surface area contributed by atoms with Crippen molar-refractivity contribution in [2.45, 2.75) is 0 Å². The molecule has 0 bridgehead atoms. The summed E-state index contributed by atoms with van der Waals surface area (Å²) in [6, 6.07) is 13.0. The Kier molecular flexibility index (Phi) is 4.22. The summed E-state index contributed by atoms with van der Waals surface area (Å²) in [4.78, 5) is 16.9. The molecule has 9 nitrogen and oxygen atoms in total. The van der Waals surface area contributed by atoms with Crippen LogP contribution in [0.5, 0.6) is 0 Å². The monoisotopic (exact) mass is 379 g/mol. The van der Waals surface area contributed by atoms with Crippen molar-refractivity contribution in [3.63, 3.8) is 0 Å². The molecule has 5 aromatic heterocycles. The van der Waals surface area contributed by atoms with Gasteiger partial charge in [0.25, 0.3) is 0 Å². The SMILES string of the molecule is c1ccc(-c2[nH]c(-c3ccnnn3)c(-c3ncccn3)c2-c2cccnn2)nc1. The van der Waals surface area contributed by atoms with Crippen LogP contribution in [0.2, 0.25) is 0 Å². The van der Waals surface area contributed by atoms with Gasteiger partial charge in [0, 0.05) is 30.4 Å². The second-order valence-corrected chi connectivity index (χ2v) is 6.03. The lowest BCUT2D eigenvalue weighted by molar-refractivity contribution is 0.868. The predicted molar refractivity (Wildman–Crippen MR) is 105 cm³/mol. The maximum absolute atomic E-state index is 4.51. The highest BCUT2D eigenvalue weighted by atomic mass is 15.3. The van der Waals surface area contributed by atoms with Gasteiger partial charge in [-0.05, 0) is 41.6 Å². The summed E-state index contributed by atoms with van der Waals surface area (Å²) in [5.74, 6) is 0.528. The van der Waals surface area contributed by atoms with Gasteiger partial charge in [-0.2, -0.15) is 10.2 Å². The van der Waals surface area contributed by atoms with Crippen LogP contribution in [0.4, 0.5) is 0 Å². The maximum Gasteiger partial charge on any atom is 0.162 e. The van der Waals surface area contributed by atoms with Gasteiger partial charge < -0.3 is 4.98 Å². The fourth-order valence-electron chi connectivity index (χ4n) is 3.11. The van der Waals surface area contributed by atoms with Crippen LogP contribution in [-0.2, 0) is 0 Å². The average Bonchev–Trinajstić information content (AvgIpc) is 3.22. The molecular weight excluding hydrogens is 366 g/mol. The largest absolute Gasteiger partial charge is 0.351 e. The molecule has 9 heteroatoms. The first kappa shape index (κ1) is 16.8. The molecule has 0 fully saturated rings. The van der Waals surface area contributed by atoms with E-state index in [2.05, 4.69) is 45.5 Å². The van der Waals surface area contributed by atoms with Crippen LogP contribution < -0.4 is 0 Å². The molecule has 0 radical (unpaired) electrons. The van der Waals surface area contributed by atoms with Crippen molar-refractivity contribution in [2.24, 2.45) is 0 Å². The van der Waals surface area contributed by atoms with Crippen LogP contribution in [0, 0.1) is 0 Å². The highest BCUT2D eigenvalue weighted by molar-refractivity contribution is 5.97. The van der Waals surface area contributed by atoms with Gasteiger partial charge in [0.15, 0.2) is 5.82 Å². The number of nitrogens with one attached hydrogen (secondary N) is 1. The number of H-pyrrole nitrogens is 1. The van der Waals surface area contributed by atoms with Gasteiger partial charge in [0.1, 0.15) is 5.69 Å². The lowest BCUT2D eigenvalue weighted by Gasteiger charge is -2.06. The zero-order valence-electron chi connectivity index (χ0n) is 15.0. The lowest BCUT2D eigenvalue weighted by atomic mass is 10.0. The van der Waals surface area contributed by atoms with Crippen molar-refractivity contribution < 1.29 is 0 Å². The maximum atomic E-state index is 4.51. The van der Waals surface area contributed by atoms with E-state index in [-0.39, 0.29) is 0 Å². The first-order valence-corrected chi connectivity index (χ1v) is 8.79. The topological polar surface area (TPSA) is 119 Å². The van der Waals surface area contributed by atoms with E-state index in [4.69, 9.17) is 0 Å². The first-order valence-electron chi connectivity index (χ1n) is 8.79.